The van der Waals surface area contributed by atoms with E-state index in [9.17, 15) is 18.0 Å². The fourth-order valence-electron chi connectivity index (χ4n) is 2.95. The topological polar surface area (TPSA) is 86.8 Å². The average Bonchev–Trinajstić information content (AvgIpc) is 2.69. The summed E-state index contributed by atoms with van der Waals surface area (Å²) >= 11 is 0. The Bertz CT molecular complexity index is 962. The molecule has 0 saturated carbocycles. The standard InChI is InChI=1S/C20H23N3O4S/c1-15(24)16-3-7-18(8-4-16)21-20(25)17-5-9-19(10-6-17)28(26,27)23-13-11-22(2)12-14-23/h3-10H,11-14H2,1-2H3,(H,21,25). The predicted molar refractivity (Wildman–Crippen MR) is 107 cm³/mol. The van der Waals surface area contributed by atoms with Gasteiger partial charge in [0.2, 0.25) is 10.0 Å². The molecule has 8 heteroatoms. The van der Waals surface area contributed by atoms with Gasteiger partial charge in [0, 0.05) is 43.0 Å². The Labute approximate surface area is 165 Å². The largest absolute Gasteiger partial charge is 0.322 e. The number of ketones is 1. The van der Waals surface area contributed by atoms with E-state index >= 15 is 0 Å². The summed E-state index contributed by atoms with van der Waals surface area (Å²) in [5.74, 6) is -0.394. The minimum Gasteiger partial charge on any atom is -0.322 e. The van der Waals surface area contributed by atoms with Crippen LogP contribution >= 0.6 is 0 Å². The number of hydrogen-bond donors (Lipinski definition) is 1. The molecule has 0 bridgehead atoms. The molecule has 0 spiro atoms. The van der Waals surface area contributed by atoms with Gasteiger partial charge in [-0.15, -0.1) is 0 Å². The van der Waals surface area contributed by atoms with Crippen LogP contribution in [0.4, 0.5) is 5.69 Å². The van der Waals surface area contributed by atoms with Crippen molar-refractivity contribution in [3.63, 3.8) is 0 Å². The molecule has 1 saturated heterocycles. The second-order valence-corrected chi connectivity index (χ2v) is 8.76. The van der Waals surface area contributed by atoms with Crippen molar-refractivity contribution < 1.29 is 18.0 Å². The highest BCUT2D eigenvalue weighted by molar-refractivity contribution is 7.89. The normalized spacial score (nSPS) is 15.9. The first-order chi connectivity index (χ1) is 13.3. The van der Waals surface area contributed by atoms with Crippen LogP contribution in [0.25, 0.3) is 0 Å². The van der Waals surface area contributed by atoms with Gasteiger partial charge in [-0.3, -0.25) is 9.59 Å². The van der Waals surface area contributed by atoms with Crippen LogP contribution in [-0.4, -0.2) is 62.5 Å². The third kappa shape index (κ3) is 4.46. The Kier molecular flexibility index (Phi) is 5.93. The molecular formula is C20H23N3O4S. The SMILES string of the molecule is CC(=O)c1ccc(NC(=O)c2ccc(S(=O)(=O)N3CCN(C)CC3)cc2)cc1. The molecule has 0 aliphatic carbocycles. The summed E-state index contributed by atoms with van der Waals surface area (Å²) in [6, 6.07) is 12.5. The monoisotopic (exact) mass is 401 g/mol. The molecule has 0 radical (unpaired) electrons. The van der Waals surface area contributed by atoms with Crippen molar-refractivity contribution in [2.24, 2.45) is 0 Å². The van der Waals surface area contributed by atoms with Gasteiger partial charge in [0.25, 0.3) is 5.91 Å². The number of anilines is 1. The maximum atomic E-state index is 12.7. The molecule has 3 rings (SSSR count). The lowest BCUT2D eigenvalue weighted by molar-refractivity contribution is 0.101. The molecule has 1 fully saturated rings. The van der Waals surface area contributed by atoms with Gasteiger partial charge in [-0.25, -0.2) is 8.42 Å². The second-order valence-electron chi connectivity index (χ2n) is 6.82. The first kappa shape index (κ1) is 20.2. The first-order valence-corrected chi connectivity index (χ1v) is 10.4. The van der Waals surface area contributed by atoms with Gasteiger partial charge in [0.05, 0.1) is 4.90 Å². The molecule has 148 valence electrons. The van der Waals surface area contributed by atoms with Crippen molar-refractivity contribution in [2.75, 3.05) is 38.5 Å². The summed E-state index contributed by atoms with van der Waals surface area (Å²) in [6.45, 7) is 3.78. The molecule has 2 aromatic rings. The lowest BCUT2D eigenvalue weighted by atomic mass is 10.1. The minimum absolute atomic E-state index is 0.0463. The molecular weight excluding hydrogens is 378 g/mol. The number of hydrogen-bond acceptors (Lipinski definition) is 5. The van der Waals surface area contributed by atoms with Crippen LogP contribution in [0.1, 0.15) is 27.6 Å². The number of Topliss-reactive ketones (excluding diaryl/α,β-unsaturated/α-hetero) is 1. The number of nitrogens with one attached hydrogen (secondary N) is 1. The lowest BCUT2D eigenvalue weighted by Gasteiger charge is -2.31. The van der Waals surface area contributed by atoms with E-state index in [1.807, 2.05) is 7.05 Å². The number of likely N-dealkylation sites (N-methyl/N-ethyl adjacent to an activating group) is 1. The van der Waals surface area contributed by atoms with Gasteiger partial charge >= 0.3 is 0 Å². The predicted octanol–water partition coefficient (Wildman–Crippen LogP) is 2.08. The average molecular weight is 401 g/mol. The van der Waals surface area contributed by atoms with E-state index in [2.05, 4.69) is 10.2 Å². The smallest absolute Gasteiger partial charge is 0.255 e. The fourth-order valence-corrected chi connectivity index (χ4v) is 4.37. The minimum atomic E-state index is -3.56. The number of sulfonamides is 1. The summed E-state index contributed by atoms with van der Waals surface area (Å²) in [5, 5.41) is 2.74. The maximum Gasteiger partial charge on any atom is 0.255 e. The molecule has 0 atom stereocenters. The quantitative estimate of drug-likeness (QED) is 0.775. The van der Waals surface area contributed by atoms with Crippen LogP contribution in [0.3, 0.4) is 0 Å². The van der Waals surface area contributed by atoms with Crippen LogP contribution < -0.4 is 5.32 Å². The van der Waals surface area contributed by atoms with Gasteiger partial charge in [-0.1, -0.05) is 0 Å². The molecule has 28 heavy (non-hydrogen) atoms. The second kappa shape index (κ2) is 8.22. The van der Waals surface area contributed by atoms with Crippen LogP contribution in [0, 0.1) is 0 Å². The van der Waals surface area contributed by atoms with E-state index in [4.69, 9.17) is 0 Å². The highest BCUT2D eigenvalue weighted by atomic mass is 32.2. The van der Waals surface area contributed by atoms with Gasteiger partial charge in [0.15, 0.2) is 5.78 Å². The summed E-state index contributed by atoms with van der Waals surface area (Å²) in [4.78, 5) is 26.0. The number of piperazine rings is 1. The van der Waals surface area contributed by atoms with Gasteiger partial charge in [-0.05, 0) is 62.5 Å². The van der Waals surface area contributed by atoms with Gasteiger partial charge < -0.3 is 10.2 Å². The van der Waals surface area contributed by atoms with E-state index in [0.717, 1.165) is 0 Å². The van der Waals surface area contributed by atoms with Crippen molar-refractivity contribution in [3.8, 4) is 0 Å². The maximum absolute atomic E-state index is 12.7. The van der Waals surface area contributed by atoms with Crippen molar-refractivity contribution in [1.82, 2.24) is 9.21 Å². The molecule has 0 aromatic heterocycles. The highest BCUT2D eigenvalue weighted by Crippen LogP contribution is 2.19. The number of nitrogens with zero attached hydrogens (tertiary/aromatic N) is 2. The van der Waals surface area contributed by atoms with E-state index in [0.29, 0.717) is 43.0 Å². The van der Waals surface area contributed by atoms with Crippen LogP contribution in [0.15, 0.2) is 53.4 Å². The molecule has 7 nitrogen and oxygen atoms in total. The fraction of sp³-hybridized carbons (Fsp3) is 0.300. The highest BCUT2D eigenvalue weighted by Gasteiger charge is 2.27. The van der Waals surface area contributed by atoms with Crippen molar-refractivity contribution in [2.45, 2.75) is 11.8 Å². The molecule has 1 heterocycles. The van der Waals surface area contributed by atoms with E-state index < -0.39 is 10.0 Å². The van der Waals surface area contributed by atoms with Gasteiger partial charge in [-0.2, -0.15) is 4.31 Å². The Morgan fingerprint density at radius 1 is 0.857 bits per heavy atom. The Morgan fingerprint density at radius 3 is 1.93 bits per heavy atom. The zero-order chi connectivity index (χ0) is 20.3. The number of amides is 1. The Morgan fingerprint density at radius 2 is 1.39 bits per heavy atom. The van der Waals surface area contributed by atoms with Crippen LogP contribution in [-0.2, 0) is 10.0 Å². The lowest BCUT2D eigenvalue weighted by Crippen LogP contribution is -2.47. The molecule has 0 unspecified atom stereocenters. The summed E-state index contributed by atoms with van der Waals surface area (Å²) in [6.07, 6.45) is 0. The van der Waals surface area contributed by atoms with E-state index in [-0.39, 0.29) is 16.6 Å². The summed E-state index contributed by atoms with van der Waals surface area (Å²) in [7, 11) is -1.59. The van der Waals surface area contributed by atoms with Crippen molar-refractivity contribution in [1.29, 1.82) is 0 Å². The molecule has 1 aliphatic heterocycles. The number of carbonyl (C=O) groups excluding carboxylic acids is 2. The van der Waals surface area contributed by atoms with Gasteiger partial charge in [0.1, 0.15) is 0 Å². The molecule has 1 amide bonds. The number of rotatable bonds is 5. The third-order valence-electron chi connectivity index (χ3n) is 4.77. The Balaban J connectivity index is 1.69. The van der Waals surface area contributed by atoms with E-state index in [1.54, 1.807) is 24.3 Å². The molecule has 1 N–H and O–H groups in total. The zero-order valence-corrected chi connectivity index (χ0v) is 16.7. The first-order valence-electron chi connectivity index (χ1n) is 8.98. The number of benzene rings is 2. The van der Waals surface area contributed by atoms with Crippen LogP contribution in [0.5, 0.6) is 0 Å². The number of carbonyl (C=O) groups is 2. The summed E-state index contributed by atoms with van der Waals surface area (Å²) in [5.41, 5.74) is 1.48. The van der Waals surface area contributed by atoms with Crippen LogP contribution in [0.2, 0.25) is 0 Å². The van der Waals surface area contributed by atoms with E-state index in [1.165, 1.54) is 35.5 Å². The van der Waals surface area contributed by atoms with Crippen molar-refractivity contribution >= 4 is 27.4 Å². The molecule has 1 aliphatic rings. The molecule has 2 aromatic carbocycles. The van der Waals surface area contributed by atoms with Crippen molar-refractivity contribution in [3.05, 3.63) is 59.7 Å². The zero-order valence-electron chi connectivity index (χ0n) is 15.9. The third-order valence-corrected chi connectivity index (χ3v) is 6.68. The summed E-state index contributed by atoms with van der Waals surface area (Å²) < 4.78 is 26.9. The Hall–Kier alpha value is -2.55.